The predicted octanol–water partition coefficient (Wildman–Crippen LogP) is 3.41. The average molecular weight is 296 g/mol. The highest BCUT2D eigenvalue weighted by molar-refractivity contribution is 5.37. The molecule has 0 bridgehead atoms. The molecule has 0 amide bonds. The van der Waals surface area contributed by atoms with E-state index in [1.165, 1.54) is 13.0 Å². The van der Waals surface area contributed by atoms with Crippen LogP contribution in [-0.2, 0) is 5.60 Å². The molecule has 2 aromatic rings. The van der Waals surface area contributed by atoms with Crippen molar-refractivity contribution in [3.8, 4) is 0 Å². The molecule has 1 heterocycles. The van der Waals surface area contributed by atoms with Crippen molar-refractivity contribution in [2.75, 3.05) is 27.2 Å². The van der Waals surface area contributed by atoms with E-state index in [0.717, 1.165) is 28.6 Å². The Morgan fingerprint density at radius 3 is 1.86 bits per heavy atom. The summed E-state index contributed by atoms with van der Waals surface area (Å²) in [5, 5.41) is 11.8. The molecule has 3 rings (SSSR count). The molecule has 0 aliphatic carbocycles. The number of hydrogen-bond donors (Lipinski definition) is 1. The largest absolute Gasteiger partial charge is 0.380 e. The van der Waals surface area contributed by atoms with Gasteiger partial charge in [0.2, 0.25) is 0 Å². The molecule has 116 valence electrons. The summed E-state index contributed by atoms with van der Waals surface area (Å²) in [4.78, 5) is 0. The lowest BCUT2D eigenvalue weighted by molar-refractivity contribution is -0.899. The monoisotopic (exact) mass is 296 g/mol. The van der Waals surface area contributed by atoms with Gasteiger partial charge in [-0.2, -0.15) is 0 Å². The molecule has 2 aromatic carbocycles. The maximum absolute atomic E-state index is 11.8. The Morgan fingerprint density at radius 1 is 0.909 bits per heavy atom. The van der Waals surface area contributed by atoms with Gasteiger partial charge in [-0.3, -0.25) is 0 Å². The van der Waals surface area contributed by atoms with E-state index in [4.69, 9.17) is 0 Å². The topological polar surface area (TPSA) is 20.2 Å². The van der Waals surface area contributed by atoms with Gasteiger partial charge in [0, 0.05) is 5.92 Å². The Balaban J connectivity index is 2.08. The molecule has 2 nitrogen and oxygen atoms in total. The van der Waals surface area contributed by atoms with Crippen LogP contribution in [0.4, 0.5) is 0 Å². The molecule has 0 spiro atoms. The second-order valence-electron chi connectivity index (χ2n) is 7.18. The Bertz CT molecular complexity index is 567. The summed E-state index contributed by atoms with van der Waals surface area (Å²) in [6.07, 6.45) is 2.24. The van der Waals surface area contributed by atoms with Crippen LogP contribution in [-0.4, -0.2) is 36.8 Å². The minimum atomic E-state index is -0.904. The van der Waals surface area contributed by atoms with E-state index in [-0.39, 0.29) is 5.92 Å². The fourth-order valence-corrected chi connectivity index (χ4v) is 3.91. The first-order valence-electron chi connectivity index (χ1n) is 8.18. The van der Waals surface area contributed by atoms with E-state index in [1.807, 2.05) is 36.4 Å². The van der Waals surface area contributed by atoms with E-state index < -0.39 is 5.60 Å². The molecule has 2 heteroatoms. The quantitative estimate of drug-likeness (QED) is 0.861. The number of likely N-dealkylation sites (tertiary alicyclic amines) is 1. The van der Waals surface area contributed by atoms with Crippen LogP contribution >= 0.6 is 0 Å². The van der Waals surface area contributed by atoms with E-state index in [2.05, 4.69) is 38.4 Å². The second kappa shape index (κ2) is 5.86. The van der Waals surface area contributed by atoms with Crippen molar-refractivity contribution >= 4 is 0 Å². The molecule has 0 unspecified atom stereocenters. The lowest BCUT2D eigenvalue weighted by Crippen LogP contribution is -2.53. The zero-order valence-electron chi connectivity index (χ0n) is 13.6. The maximum atomic E-state index is 11.8. The minimum absolute atomic E-state index is 0.237. The summed E-state index contributed by atoms with van der Waals surface area (Å²) >= 11 is 0. The number of piperidine rings is 1. The van der Waals surface area contributed by atoms with Crippen molar-refractivity contribution in [2.45, 2.75) is 18.4 Å². The van der Waals surface area contributed by atoms with Gasteiger partial charge in [0.25, 0.3) is 0 Å². The highest BCUT2D eigenvalue weighted by atomic mass is 16.3. The SMILES string of the molecule is C[N+]1(C)CCC[C@H](C(O)(c2ccccc2)c2ccccc2)C1. The highest BCUT2D eigenvalue weighted by Crippen LogP contribution is 2.41. The molecule has 0 radical (unpaired) electrons. The van der Waals surface area contributed by atoms with Gasteiger partial charge in [-0.05, 0) is 24.0 Å². The Kier molecular flexibility index (Phi) is 4.07. The summed E-state index contributed by atoms with van der Waals surface area (Å²) in [6.45, 7) is 2.19. The maximum Gasteiger partial charge on any atom is 0.123 e. The standard InChI is InChI=1S/C20H26NO/c1-21(2)15-9-14-19(16-21)20(22,17-10-5-3-6-11-17)18-12-7-4-8-13-18/h3-8,10-13,19,22H,9,14-16H2,1-2H3/q+1/t19-/m0/s1. The average Bonchev–Trinajstić information content (AvgIpc) is 2.55. The summed E-state index contributed by atoms with van der Waals surface area (Å²) < 4.78 is 0.979. The summed E-state index contributed by atoms with van der Waals surface area (Å²) in [5.41, 5.74) is 1.11. The van der Waals surface area contributed by atoms with Crippen molar-refractivity contribution in [3.63, 3.8) is 0 Å². The van der Waals surface area contributed by atoms with Crippen LogP contribution in [0.25, 0.3) is 0 Å². The Morgan fingerprint density at radius 2 is 1.41 bits per heavy atom. The number of rotatable bonds is 3. The molecule has 22 heavy (non-hydrogen) atoms. The van der Waals surface area contributed by atoms with Crippen molar-refractivity contribution < 1.29 is 9.59 Å². The molecule has 1 N–H and O–H groups in total. The number of nitrogens with zero attached hydrogens (tertiary/aromatic N) is 1. The lowest BCUT2D eigenvalue weighted by Gasteiger charge is -2.45. The van der Waals surface area contributed by atoms with Crippen molar-refractivity contribution in [3.05, 3.63) is 71.8 Å². The van der Waals surface area contributed by atoms with Gasteiger partial charge >= 0.3 is 0 Å². The van der Waals surface area contributed by atoms with Crippen molar-refractivity contribution in [1.29, 1.82) is 0 Å². The molecule has 1 fully saturated rings. The Hall–Kier alpha value is -1.64. The van der Waals surface area contributed by atoms with Crippen molar-refractivity contribution in [2.24, 2.45) is 5.92 Å². The smallest absolute Gasteiger partial charge is 0.123 e. The lowest BCUT2D eigenvalue weighted by atomic mass is 9.72. The fraction of sp³-hybridized carbons (Fsp3) is 0.400. The number of hydrogen-bond acceptors (Lipinski definition) is 1. The summed E-state index contributed by atoms with van der Waals surface area (Å²) in [5.74, 6) is 0.237. The van der Waals surface area contributed by atoms with E-state index in [1.54, 1.807) is 0 Å². The molecule has 1 aliphatic rings. The third-order valence-electron chi connectivity index (χ3n) is 5.05. The predicted molar refractivity (Wildman–Crippen MR) is 90.4 cm³/mol. The van der Waals surface area contributed by atoms with Crippen LogP contribution in [0.5, 0.6) is 0 Å². The van der Waals surface area contributed by atoms with Crippen LogP contribution in [0.1, 0.15) is 24.0 Å². The molecule has 1 saturated heterocycles. The number of aliphatic hydroxyl groups is 1. The van der Waals surface area contributed by atoms with Crippen LogP contribution in [0.15, 0.2) is 60.7 Å². The number of quaternary nitrogens is 1. The zero-order chi connectivity index (χ0) is 15.6. The van der Waals surface area contributed by atoms with E-state index in [9.17, 15) is 5.11 Å². The van der Waals surface area contributed by atoms with Gasteiger partial charge in [-0.1, -0.05) is 60.7 Å². The van der Waals surface area contributed by atoms with Gasteiger partial charge in [0.15, 0.2) is 0 Å². The highest BCUT2D eigenvalue weighted by Gasteiger charge is 2.45. The third-order valence-corrected chi connectivity index (χ3v) is 5.05. The van der Waals surface area contributed by atoms with E-state index in [0.29, 0.717) is 0 Å². The second-order valence-corrected chi connectivity index (χ2v) is 7.18. The van der Waals surface area contributed by atoms with Gasteiger partial charge in [0.05, 0.1) is 27.2 Å². The molecular weight excluding hydrogens is 270 g/mol. The third kappa shape index (κ3) is 2.81. The molecule has 0 aromatic heterocycles. The van der Waals surface area contributed by atoms with Crippen LogP contribution in [0.2, 0.25) is 0 Å². The summed E-state index contributed by atoms with van der Waals surface area (Å²) in [6, 6.07) is 20.3. The van der Waals surface area contributed by atoms with Gasteiger partial charge in [-0.15, -0.1) is 0 Å². The van der Waals surface area contributed by atoms with Gasteiger partial charge in [-0.25, -0.2) is 0 Å². The minimum Gasteiger partial charge on any atom is -0.380 e. The van der Waals surface area contributed by atoms with Crippen LogP contribution in [0.3, 0.4) is 0 Å². The zero-order valence-corrected chi connectivity index (χ0v) is 13.6. The molecular formula is C20H26NO+. The Labute approximate surface area is 133 Å². The van der Waals surface area contributed by atoms with E-state index >= 15 is 0 Å². The van der Waals surface area contributed by atoms with Gasteiger partial charge < -0.3 is 9.59 Å². The van der Waals surface area contributed by atoms with Crippen LogP contribution < -0.4 is 0 Å². The molecule has 0 saturated carbocycles. The van der Waals surface area contributed by atoms with Crippen LogP contribution in [0, 0.1) is 5.92 Å². The molecule has 1 aliphatic heterocycles. The number of benzene rings is 2. The summed E-state index contributed by atoms with van der Waals surface area (Å²) in [7, 11) is 4.53. The normalized spacial score (nSPS) is 21.5. The fourth-order valence-electron chi connectivity index (χ4n) is 3.91. The molecule has 1 atom stereocenters. The first-order chi connectivity index (χ1) is 10.5. The van der Waals surface area contributed by atoms with Crippen molar-refractivity contribution in [1.82, 2.24) is 0 Å². The van der Waals surface area contributed by atoms with Gasteiger partial charge in [0.1, 0.15) is 5.60 Å². The first-order valence-corrected chi connectivity index (χ1v) is 8.18. The first kappa shape index (κ1) is 15.3.